The Kier molecular flexibility index (Phi) is 7.76. The molecule has 0 aliphatic rings. The molecule has 29 heavy (non-hydrogen) atoms. The Balaban J connectivity index is 2.03. The van der Waals surface area contributed by atoms with Crippen LogP contribution in [0.1, 0.15) is 24.2 Å². The molecule has 0 aromatic heterocycles. The Hall–Kier alpha value is -3.36. The van der Waals surface area contributed by atoms with Gasteiger partial charge in [0.15, 0.2) is 0 Å². The summed E-state index contributed by atoms with van der Waals surface area (Å²) in [6, 6.07) is 10.3. The lowest BCUT2D eigenvalue weighted by Crippen LogP contribution is -2.22. The van der Waals surface area contributed by atoms with Gasteiger partial charge in [-0.25, -0.2) is 4.79 Å². The molecule has 2 aromatic carbocycles. The number of amides is 1. The van der Waals surface area contributed by atoms with Crippen LogP contribution in [0.2, 0.25) is 0 Å². The average Bonchev–Trinajstić information content (AvgIpc) is 2.67. The van der Waals surface area contributed by atoms with Gasteiger partial charge in [0.05, 0.1) is 31.0 Å². The predicted molar refractivity (Wildman–Crippen MR) is 104 cm³/mol. The number of carbonyl (C=O) groups is 2. The van der Waals surface area contributed by atoms with E-state index in [0.29, 0.717) is 22.7 Å². The Morgan fingerprint density at radius 1 is 1.03 bits per heavy atom. The van der Waals surface area contributed by atoms with Gasteiger partial charge in [0, 0.05) is 5.69 Å². The molecular weight excluding hydrogens is 386 g/mol. The van der Waals surface area contributed by atoms with E-state index in [2.05, 4.69) is 15.4 Å². The number of benzene rings is 2. The van der Waals surface area contributed by atoms with E-state index in [0.717, 1.165) is 0 Å². The van der Waals surface area contributed by atoms with E-state index in [1.165, 1.54) is 37.4 Å². The van der Waals surface area contributed by atoms with Gasteiger partial charge >= 0.3 is 12.6 Å². The average molecular weight is 408 g/mol. The van der Waals surface area contributed by atoms with Crippen LogP contribution in [-0.4, -0.2) is 38.2 Å². The highest BCUT2D eigenvalue weighted by atomic mass is 19.3. The van der Waals surface area contributed by atoms with Gasteiger partial charge in [-0.2, -0.15) is 8.78 Å². The van der Waals surface area contributed by atoms with E-state index >= 15 is 0 Å². The minimum absolute atomic E-state index is 0.00812. The van der Waals surface area contributed by atoms with Crippen LogP contribution in [0.3, 0.4) is 0 Å². The van der Waals surface area contributed by atoms with E-state index in [4.69, 9.17) is 9.47 Å². The molecule has 7 nitrogen and oxygen atoms in total. The fraction of sp³-hybridized carbons (Fsp3) is 0.300. The molecule has 0 saturated carbocycles. The molecule has 0 unspecified atom stereocenters. The minimum atomic E-state index is -2.91. The summed E-state index contributed by atoms with van der Waals surface area (Å²) in [5.41, 5.74) is 1.18. The Bertz CT molecular complexity index is 841. The molecule has 0 radical (unpaired) electrons. The van der Waals surface area contributed by atoms with Crippen molar-refractivity contribution in [1.82, 2.24) is 0 Å². The maximum Gasteiger partial charge on any atom is 0.387 e. The Morgan fingerprint density at radius 3 is 2.31 bits per heavy atom. The monoisotopic (exact) mass is 408 g/mol. The van der Waals surface area contributed by atoms with Crippen molar-refractivity contribution in [2.24, 2.45) is 0 Å². The maximum atomic E-state index is 12.2. The normalized spacial score (nSPS) is 10.6. The number of halogens is 2. The zero-order chi connectivity index (χ0) is 21.4. The number of hydrogen-bond donors (Lipinski definition) is 2. The third kappa shape index (κ3) is 6.95. The van der Waals surface area contributed by atoms with Crippen molar-refractivity contribution in [1.29, 1.82) is 0 Å². The number of alkyl halides is 2. The lowest BCUT2D eigenvalue weighted by atomic mass is 10.2. The summed E-state index contributed by atoms with van der Waals surface area (Å²) in [6.07, 6.45) is -0.109. The highest BCUT2D eigenvalue weighted by Crippen LogP contribution is 2.27. The van der Waals surface area contributed by atoms with Crippen LogP contribution in [0, 0.1) is 0 Å². The zero-order valence-electron chi connectivity index (χ0n) is 16.2. The lowest BCUT2D eigenvalue weighted by molar-refractivity contribution is -0.114. The first-order valence-corrected chi connectivity index (χ1v) is 8.76. The zero-order valence-corrected chi connectivity index (χ0v) is 16.2. The van der Waals surface area contributed by atoms with Crippen molar-refractivity contribution < 1.29 is 32.6 Å². The van der Waals surface area contributed by atoms with Crippen molar-refractivity contribution >= 4 is 23.3 Å². The fourth-order valence-electron chi connectivity index (χ4n) is 2.37. The molecule has 9 heteroatoms. The summed E-state index contributed by atoms with van der Waals surface area (Å²) >= 11 is 0. The summed E-state index contributed by atoms with van der Waals surface area (Å²) in [4.78, 5) is 23.9. The standard InChI is InChI=1S/C20H22F2N2O5/c1-12(2)28-17-9-4-13(19(26)27-3)10-16(17)23-11-18(25)24-14-5-7-15(8-6-14)29-20(21)22/h4-10,12,20,23H,11H2,1-3H3,(H,24,25). The second-order valence-corrected chi connectivity index (χ2v) is 6.17. The number of esters is 1. The number of methoxy groups -OCH3 is 1. The molecule has 0 spiro atoms. The highest BCUT2D eigenvalue weighted by molar-refractivity contribution is 5.95. The number of rotatable bonds is 9. The number of hydrogen-bond acceptors (Lipinski definition) is 6. The molecule has 0 atom stereocenters. The SMILES string of the molecule is COC(=O)c1ccc(OC(C)C)c(NCC(=O)Nc2ccc(OC(F)F)cc2)c1. The largest absolute Gasteiger partial charge is 0.489 e. The summed E-state index contributed by atoms with van der Waals surface area (Å²) in [7, 11) is 1.28. The molecule has 2 rings (SSSR count). The molecule has 2 aromatic rings. The number of anilines is 2. The third-order valence-corrected chi connectivity index (χ3v) is 3.57. The second-order valence-electron chi connectivity index (χ2n) is 6.17. The van der Waals surface area contributed by atoms with Crippen LogP contribution in [-0.2, 0) is 9.53 Å². The first kappa shape index (κ1) is 21.9. The maximum absolute atomic E-state index is 12.2. The predicted octanol–water partition coefficient (Wildman–Crippen LogP) is 3.91. The van der Waals surface area contributed by atoms with Gasteiger partial charge in [-0.15, -0.1) is 0 Å². The van der Waals surface area contributed by atoms with Crippen molar-refractivity contribution in [2.45, 2.75) is 26.6 Å². The summed E-state index contributed by atoms with van der Waals surface area (Å²) in [5, 5.41) is 5.55. The number of ether oxygens (including phenoxy) is 3. The molecule has 0 saturated heterocycles. The first-order valence-electron chi connectivity index (χ1n) is 8.76. The molecule has 0 aliphatic carbocycles. The van der Waals surface area contributed by atoms with Crippen LogP contribution < -0.4 is 20.1 Å². The van der Waals surface area contributed by atoms with Crippen LogP contribution in [0.15, 0.2) is 42.5 Å². The summed E-state index contributed by atoms with van der Waals surface area (Å²) in [5.74, 6) is -0.425. The van der Waals surface area contributed by atoms with E-state index in [9.17, 15) is 18.4 Å². The van der Waals surface area contributed by atoms with Crippen LogP contribution in [0.25, 0.3) is 0 Å². The molecule has 0 fully saturated rings. The topological polar surface area (TPSA) is 85.9 Å². The van der Waals surface area contributed by atoms with Crippen molar-refractivity contribution in [2.75, 3.05) is 24.3 Å². The van der Waals surface area contributed by atoms with E-state index in [1.54, 1.807) is 12.1 Å². The van der Waals surface area contributed by atoms with E-state index in [-0.39, 0.29) is 24.3 Å². The number of carbonyl (C=O) groups excluding carboxylic acids is 2. The van der Waals surface area contributed by atoms with Crippen LogP contribution in [0.4, 0.5) is 20.2 Å². The van der Waals surface area contributed by atoms with Gasteiger partial charge in [0.2, 0.25) is 5.91 Å². The molecule has 1 amide bonds. The van der Waals surface area contributed by atoms with E-state index < -0.39 is 12.6 Å². The molecule has 0 heterocycles. The lowest BCUT2D eigenvalue weighted by Gasteiger charge is -2.16. The van der Waals surface area contributed by atoms with Gasteiger partial charge in [0.25, 0.3) is 0 Å². The van der Waals surface area contributed by atoms with Crippen LogP contribution >= 0.6 is 0 Å². The number of nitrogens with one attached hydrogen (secondary N) is 2. The Morgan fingerprint density at radius 2 is 1.72 bits per heavy atom. The highest BCUT2D eigenvalue weighted by Gasteiger charge is 2.13. The van der Waals surface area contributed by atoms with Gasteiger partial charge in [-0.1, -0.05) is 0 Å². The van der Waals surface area contributed by atoms with Crippen molar-refractivity contribution in [3.8, 4) is 11.5 Å². The van der Waals surface area contributed by atoms with Crippen molar-refractivity contribution in [3.05, 3.63) is 48.0 Å². The van der Waals surface area contributed by atoms with Crippen LogP contribution in [0.5, 0.6) is 11.5 Å². The van der Waals surface area contributed by atoms with Gasteiger partial charge < -0.3 is 24.8 Å². The van der Waals surface area contributed by atoms with Gasteiger partial charge in [-0.3, -0.25) is 4.79 Å². The minimum Gasteiger partial charge on any atom is -0.489 e. The van der Waals surface area contributed by atoms with Crippen molar-refractivity contribution in [3.63, 3.8) is 0 Å². The summed E-state index contributed by atoms with van der Waals surface area (Å²) in [6.45, 7) is 0.676. The molecule has 0 bridgehead atoms. The molecule has 2 N–H and O–H groups in total. The third-order valence-electron chi connectivity index (χ3n) is 3.57. The fourth-order valence-corrected chi connectivity index (χ4v) is 2.37. The molecule has 0 aliphatic heterocycles. The first-order chi connectivity index (χ1) is 13.8. The quantitative estimate of drug-likeness (QED) is 0.612. The smallest absolute Gasteiger partial charge is 0.387 e. The molecule has 156 valence electrons. The Labute approximate surface area is 167 Å². The summed E-state index contributed by atoms with van der Waals surface area (Å²) < 4.78 is 39.0. The molecular formula is C20H22F2N2O5. The van der Waals surface area contributed by atoms with Gasteiger partial charge in [0.1, 0.15) is 11.5 Å². The van der Waals surface area contributed by atoms with Gasteiger partial charge in [-0.05, 0) is 56.3 Å². The van der Waals surface area contributed by atoms with E-state index in [1.807, 2.05) is 13.8 Å². The second kappa shape index (κ2) is 10.3.